The molecule has 0 saturated heterocycles. The molecule has 0 spiro atoms. The van der Waals surface area contributed by atoms with E-state index in [9.17, 15) is 4.79 Å². The van der Waals surface area contributed by atoms with Crippen LogP contribution < -0.4 is 0 Å². The lowest BCUT2D eigenvalue weighted by atomic mass is 10.3. The molecule has 0 rings (SSSR count). The molecule has 0 atom stereocenters. The maximum absolute atomic E-state index is 10.2. The molecule has 0 aromatic heterocycles. The van der Waals surface area contributed by atoms with E-state index in [1.165, 1.54) is 6.92 Å². The van der Waals surface area contributed by atoms with Gasteiger partial charge in [-0.2, -0.15) is 0 Å². The van der Waals surface area contributed by atoms with E-state index in [0.717, 1.165) is 5.57 Å². The van der Waals surface area contributed by atoms with Crippen LogP contribution in [0.1, 0.15) is 13.8 Å². The molecule has 0 aromatic carbocycles. The van der Waals surface area contributed by atoms with Gasteiger partial charge in [-0.15, -0.1) is 6.42 Å². The SMILES string of the molecule is C#C/C(C)=C/COC(C)=O. The van der Waals surface area contributed by atoms with E-state index in [2.05, 4.69) is 10.7 Å². The number of terminal acetylenes is 1. The number of rotatable bonds is 2. The van der Waals surface area contributed by atoms with Crippen molar-refractivity contribution in [3.05, 3.63) is 11.6 Å². The molecule has 0 radical (unpaired) electrons. The highest BCUT2D eigenvalue weighted by molar-refractivity contribution is 5.66. The van der Waals surface area contributed by atoms with Crippen LogP contribution in [0.5, 0.6) is 0 Å². The maximum Gasteiger partial charge on any atom is 0.302 e. The van der Waals surface area contributed by atoms with Gasteiger partial charge < -0.3 is 4.74 Å². The molecule has 0 unspecified atom stereocenters. The summed E-state index contributed by atoms with van der Waals surface area (Å²) in [4.78, 5) is 10.2. The summed E-state index contributed by atoms with van der Waals surface area (Å²) in [5, 5.41) is 0. The van der Waals surface area contributed by atoms with E-state index >= 15 is 0 Å². The Kier molecular flexibility index (Phi) is 4.06. The Balaban J connectivity index is 3.56. The third-order valence-electron chi connectivity index (χ3n) is 0.904. The van der Waals surface area contributed by atoms with Crippen LogP contribution in [0.4, 0.5) is 0 Å². The molecule has 0 N–H and O–H groups in total. The number of ether oxygens (including phenoxy) is 1. The van der Waals surface area contributed by atoms with Crippen LogP contribution >= 0.6 is 0 Å². The molecule has 0 heterocycles. The highest BCUT2D eigenvalue weighted by Gasteiger charge is 1.87. The van der Waals surface area contributed by atoms with Crippen molar-refractivity contribution in [3.8, 4) is 12.3 Å². The van der Waals surface area contributed by atoms with Gasteiger partial charge in [-0.3, -0.25) is 4.79 Å². The van der Waals surface area contributed by atoms with Gasteiger partial charge in [0.1, 0.15) is 6.61 Å². The summed E-state index contributed by atoms with van der Waals surface area (Å²) in [6.45, 7) is 3.41. The lowest BCUT2D eigenvalue weighted by molar-refractivity contribution is -0.139. The Labute approximate surface area is 60.9 Å². The first kappa shape index (κ1) is 8.77. The molecule has 0 fully saturated rings. The van der Waals surface area contributed by atoms with Gasteiger partial charge in [-0.25, -0.2) is 0 Å². The Morgan fingerprint density at radius 1 is 1.70 bits per heavy atom. The van der Waals surface area contributed by atoms with Crippen LogP contribution in [0, 0.1) is 12.3 Å². The van der Waals surface area contributed by atoms with Gasteiger partial charge in [0.15, 0.2) is 0 Å². The largest absolute Gasteiger partial charge is 0.462 e. The second-order valence-electron chi connectivity index (χ2n) is 1.83. The molecular formula is C8H10O2. The predicted octanol–water partition coefficient (Wildman–Crippen LogP) is 1.13. The van der Waals surface area contributed by atoms with Crippen molar-refractivity contribution in [1.29, 1.82) is 0 Å². The fourth-order valence-electron chi connectivity index (χ4n) is 0.343. The molecule has 0 aliphatic heterocycles. The molecule has 0 aliphatic rings. The van der Waals surface area contributed by atoms with E-state index in [1.54, 1.807) is 13.0 Å². The first-order valence-electron chi connectivity index (χ1n) is 2.93. The maximum atomic E-state index is 10.2. The number of hydrogen-bond donors (Lipinski definition) is 0. The number of hydrogen-bond acceptors (Lipinski definition) is 2. The van der Waals surface area contributed by atoms with Crippen molar-refractivity contribution in [2.75, 3.05) is 6.61 Å². The molecule has 10 heavy (non-hydrogen) atoms. The Morgan fingerprint density at radius 3 is 2.70 bits per heavy atom. The monoisotopic (exact) mass is 138 g/mol. The van der Waals surface area contributed by atoms with Crippen molar-refractivity contribution in [3.63, 3.8) is 0 Å². The van der Waals surface area contributed by atoms with E-state index in [0.29, 0.717) is 0 Å². The summed E-state index contributed by atoms with van der Waals surface area (Å²) in [7, 11) is 0. The predicted molar refractivity (Wildman–Crippen MR) is 39.2 cm³/mol. The van der Waals surface area contributed by atoms with E-state index < -0.39 is 0 Å². The minimum atomic E-state index is -0.291. The molecule has 2 heteroatoms. The lowest BCUT2D eigenvalue weighted by Crippen LogP contribution is -1.97. The van der Waals surface area contributed by atoms with Gasteiger partial charge in [0.05, 0.1) is 0 Å². The Bertz CT molecular complexity index is 184. The van der Waals surface area contributed by atoms with Crippen LogP contribution in [-0.4, -0.2) is 12.6 Å². The zero-order valence-corrected chi connectivity index (χ0v) is 6.18. The summed E-state index contributed by atoms with van der Waals surface area (Å²) >= 11 is 0. The van der Waals surface area contributed by atoms with Gasteiger partial charge in [-0.05, 0) is 18.6 Å². The van der Waals surface area contributed by atoms with Crippen LogP contribution in [0.3, 0.4) is 0 Å². The van der Waals surface area contributed by atoms with Crippen LogP contribution in [0.25, 0.3) is 0 Å². The minimum Gasteiger partial charge on any atom is -0.462 e. The van der Waals surface area contributed by atoms with Crippen molar-refractivity contribution in [2.24, 2.45) is 0 Å². The van der Waals surface area contributed by atoms with Crippen LogP contribution in [0.2, 0.25) is 0 Å². The number of esters is 1. The summed E-state index contributed by atoms with van der Waals surface area (Å²) in [6, 6.07) is 0. The Hall–Kier alpha value is -1.23. The topological polar surface area (TPSA) is 26.3 Å². The number of carbonyl (C=O) groups is 1. The summed E-state index contributed by atoms with van der Waals surface area (Å²) in [5.74, 6) is 2.12. The standard InChI is InChI=1S/C8H10O2/c1-4-7(2)5-6-10-8(3)9/h1,5H,6H2,2-3H3/b7-5+. The molecule has 54 valence electrons. The molecule has 0 aliphatic carbocycles. The van der Waals surface area contributed by atoms with Gasteiger partial charge in [-0.1, -0.05) is 5.92 Å². The van der Waals surface area contributed by atoms with Gasteiger partial charge >= 0.3 is 5.97 Å². The van der Waals surface area contributed by atoms with E-state index in [4.69, 9.17) is 6.42 Å². The fourth-order valence-corrected chi connectivity index (χ4v) is 0.343. The third-order valence-corrected chi connectivity index (χ3v) is 0.904. The van der Waals surface area contributed by atoms with Crippen molar-refractivity contribution in [2.45, 2.75) is 13.8 Å². The van der Waals surface area contributed by atoms with E-state index in [1.807, 2.05) is 0 Å². The van der Waals surface area contributed by atoms with Crippen molar-refractivity contribution < 1.29 is 9.53 Å². The highest BCUT2D eigenvalue weighted by atomic mass is 16.5. The smallest absolute Gasteiger partial charge is 0.302 e. The Morgan fingerprint density at radius 2 is 2.30 bits per heavy atom. The average Bonchev–Trinajstić information content (AvgIpc) is 1.87. The minimum absolute atomic E-state index is 0.269. The second kappa shape index (κ2) is 4.63. The number of allylic oxidation sites excluding steroid dienone is 1. The lowest BCUT2D eigenvalue weighted by Gasteiger charge is -1.94. The van der Waals surface area contributed by atoms with Gasteiger partial charge in [0.2, 0.25) is 0 Å². The second-order valence-corrected chi connectivity index (χ2v) is 1.83. The summed E-state index contributed by atoms with van der Waals surface area (Å²) in [6.07, 6.45) is 6.71. The molecule has 0 bridgehead atoms. The molecule has 0 saturated carbocycles. The summed E-state index contributed by atoms with van der Waals surface area (Å²) < 4.78 is 4.60. The van der Waals surface area contributed by atoms with Crippen LogP contribution in [-0.2, 0) is 9.53 Å². The normalized spacial score (nSPS) is 10.3. The highest BCUT2D eigenvalue weighted by Crippen LogP contribution is 1.88. The molecule has 0 amide bonds. The van der Waals surface area contributed by atoms with Crippen LogP contribution in [0.15, 0.2) is 11.6 Å². The van der Waals surface area contributed by atoms with Gasteiger partial charge in [0, 0.05) is 6.92 Å². The molecular weight excluding hydrogens is 128 g/mol. The molecule has 2 nitrogen and oxygen atoms in total. The first-order chi connectivity index (χ1) is 4.66. The number of carbonyl (C=O) groups excluding carboxylic acids is 1. The van der Waals surface area contributed by atoms with Crippen molar-refractivity contribution >= 4 is 5.97 Å². The fraction of sp³-hybridized carbons (Fsp3) is 0.375. The quantitative estimate of drug-likeness (QED) is 0.422. The van der Waals surface area contributed by atoms with Gasteiger partial charge in [0.25, 0.3) is 0 Å². The first-order valence-corrected chi connectivity index (χ1v) is 2.93. The summed E-state index contributed by atoms with van der Waals surface area (Å²) in [5.41, 5.74) is 0.779. The van der Waals surface area contributed by atoms with E-state index in [-0.39, 0.29) is 12.6 Å². The zero-order valence-electron chi connectivity index (χ0n) is 6.18. The third kappa shape index (κ3) is 4.92. The zero-order chi connectivity index (χ0) is 7.98. The molecule has 0 aromatic rings. The average molecular weight is 138 g/mol. The van der Waals surface area contributed by atoms with Crippen molar-refractivity contribution in [1.82, 2.24) is 0 Å².